The molecule has 0 saturated heterocycles. The Balaban J connectivity index is 1.79. The van der Waals surface area contributed by atoms with E-state index in [1.165, 1.54) is 19.3 Å². The van der Waals surface area contributed by atoms with Crippen LogP contribution in [-0.4, -0.2) is 12.5 Å². The SMILES string of the molecule is CCCCCCNC(=O)/C=C/c1cccc(OCc2ccccc2)c1. The smallest absolute Gasteiger partial charge is 0.243 e. The van der Waals surface area contributed by atoms with E-state index in [4.69, 9.17) is 4.74 Å². The van der Waals surface area contributed by atoms with Crippen LogP contribution in [0.25, 0.3) is 6.08 Å². The highest BCUT2D eigenvalue weighted by Crippen LogP contribution is 2.16. The molecule has 1 N–H and O–H groups in total. The number of carbonyl (C=O) groups is 1. The van der Waals surface area contributed by atoms with Crippen LogP contribution in [0.4, 0.5) is 0 Å². The number of unbranched alkanes of at least 4 members (excludes halogenated alkanes) is 3. The summed E-state index contributed by atoms with van der Waals surface area (Å²) in [6.45, 7) is 3.45. The van der Waals surface area contributed by atoms with Gasteiger partial charge in [-0.15, -0.1) is 0 Å². The molecule has 3 heteroatoms. The lowest BCUT2D eigenvalue weighted by Gasteiger charge is -2.07. The molecule has 25 heavy (non-hydrogen) atoms. The molecule has 0 spiro atoms. The molecular weight excluding hydrogens is 310 g/mol. The maximum atomic E-state index is 11.8. The summed E-state index contributed by atoms with van der Waals surface area (Å²) in [5.41, 5.74) is 2.08. The van der Waals surface area contributed by atoms with Crippen molar-refractivity contribution >= 4 is 12.0 Å². The second-order valence-electron chi connectivity index (χ2n) is 6.03. The molecule has 0 atom stereocenters. The van der Waals surface area contributed by atoms with Crippen LogP contribution in [0.15, 0.2) is 60.7 Å². The molecule has 2 rings (SSSR count). The average molecular weight is 337 g/mol. The molecule has 1 amide bonds. The van der Waals surface area contributed by atoms with E-state index in [2.05, 4.69) is 12.2 Å². The molecule has 0 aliphatic rings. The summed E-state index contributed by atoms with van der Waals surface area (Å²) in [5.74, 6) is 0.748. The van der Waals surface area contributed by atoms with Gasteiger partial charge in [-0.05, 0) is 35.8 Å². The summed E-state index contributed by atoms with van der Waals surface area (Å²) in [7, 11) is 0. The van der Waals surface area contributed by atoms with E-state index in [0.717, 1.165) is 29.8 Å². The normalized spacial score (nSPS) is 10.8. The minimum atomic E-state index is -0.0490. The van der Waals surface area contributed by atoms with Crippen LogP contribution < -0.4 is 10.1 Å². The summed E-state index contributed by atoms with van der Waals surface area (Å²) >= 11 is 0. The Morgan fingerprint density at radius 2 is 1.88 bits per heavy atom. The van der Waals surface area contributed by atoms with Crippen molar-refractivity contribution in [2.75, 3.05) is 6.54 Å². The maximum absolute atomic E-state index is 11.8. The van der Waals surface area contributed by atoms with Gasteiger partial charge in [-0.3, -0.25) is 4.79 Å². The van der Waals surface area contributed by atoms with Crippen LogP contribution >= 0.6 is 0 Å². The monoisotopic (exact) mass is 337 g/mol. The van der Waals surface area contributed by atoms with Crippen molar-refractivity contribution in [2.24, 2.45) is 0 Å². The third-order valence-electron chi connectivity index (χ3n) is 3.86. The lowest BCUT2D eigenvalue weighted by atomic mass is 10.2. The summed E-state index contributed by atoms with van der Waals surface area (Å²) in [5, 5.41) is 2.92. The Kier molecular flexibility index (Phi) is 8.33. The molecule has 2 aromatic rings. The van der Waals surface area contributed by atoms with Crippen molar-refractivity contribution in [3.63, 3.8) is 0 Å². The zero-order valence-corrected chi connectivity index (χ0v) is 14.9. The van der Waals surface area contributed by atoms with Gasteiger partial charge in [-0.1, -0.05) is 68.7 Å². The lowest BCUT2D eigenvalue weighted by molar-refractivity contribution is -0.116. The Morgan fingerprint density at radius 3 is 2.68 bits per heavy atom. The van der Waals surface area contributed by atoms with Gasteiger partial charge in [-0.2, -0.15) is 0 Å². The molecule has 0 aliphatic carbocycles. The number of carbonyl (C=O) groups excluding carboxylic acids is 1. The minimum absolute atomic E-state index is 0.0490. The Morgan fingerprint density at radius 1 is 1.04 bits per heavy atom. The van der Waals surface area contributed by atoms with E-state index in [-0.39, 0.29) is 5.91 Å². The van der Waals surface area contributed by atoms with Gasteiger partial charge in [0.05, 0.1) is 0 Å². The van der Waals surface area contributed by atoms with Gasteiger partial charge in [0, 0.05) is 12.6 Å². The van der Waals surface area contributed by atoms with Crippen LogP contribution in [-0.2, 0) is 11.4 Å². The highest BCUT2D eigenvalue weighted by atomic mass is 16.5. The first-order valence-electron chi connectivity index (χ1n) is 9.00. The van der Waals surface area contributed by atoms with Crippen molar-refractivity contribution in [2.45, 2.75) is 39.2 Å². The number of ether oxygens (including phenoxy) is 1. The average Bonchev–Trinajstić information content (AvgIpc) is 2.66. The van der Waals surface area contributed by atoms with Gasteiger partial charge in [0.2, 0.25) is 5.91 Å². The number of benzene rings is 2. The van der Waals surface area contributed by atoms with Gasteiger partial charge in [-0.25, -0.2) is 0 Å². The first-order valence-corrected chi connectivity index (χ1v) is 9.00. The minimum Gasteiger partial charge on any atom is -0.489 e. The molecular formula is C22H27NO2. The molecule has 0 aromatic heterocycles. The Bertz CT molecular complexity index is 665. The molecule has 0 aliphatic heterocycles. The zero-order valence-electron chi connectivity index (χ0n) is 14.9. The molecule has 0 bridgehead atoms. The van der Waals surface area contributed by atoms with E-state index < -0.39 is 0 Å². The lowest BCUT2D eigenvalue weighted by Crippen LogP contribution is -2.21. The van der Waals surface area contributed by atoms with Crippen molar-refractivity contribution in [3.05, 3.63) is 71.8 Å². The molecule has 3 nitrogen and oxygen atoms in total. The number of amides is 1. The molecule has 2 aromatic carbocycles. The fraction of sp³-hybridized carbons (Fsp3) is 0.318. The first-order chi connectivity index (χ1) is 12.3. The molecule has 0 unspecified atom stereocenters. The van der Waals surface area contributed by atoms with E-state index in [9.17, 15) is 4.79 Å². The van der Waals surface area contributed by atoms with E-state index in [1.807, 2.05) is 60.7 Å². The van der Waals surface area contributed by atoms with E-state index >= 15 is 0 Å². The molecule has 0 fully saturated rings. The summed E-state index contributed by atoms with van der Waals surface area (Å²) < 4.78 is 5.81. The third-order valence-corrected chi connectivity index (χ3v) is 3.86. The van der Waals surface area contributed by atoms with Crippen LogP contribution in [0.5, 0.6) is 5.75 Å². The van der Waals surface area contributed by atoms with Crippen molar-refractivity contribution < 1.29 is 9.53 Å². The van der Waals surface area contributed by atoms with Gasteiger partial charge >= 0.3 is 0 Å². The maximum Gasteiger partial charge on any atom is 0.243 e. The van der Waals surface area contributed by atoms with Crippen LogP contribution in [0.1, 0.15) is 43.7 Å². The fourth-order valence-electron chi connectivity index (χ4n) is 2.44. The number of hydrogen-bond donors (Lipinski definition) is 1. The number of hydrogen-bond acceptors (Lipinski definition) is 2. The van der Waals surface area contributed by atoms with Gasteiger partial charge in [0.25, 0.3) is 0 Å². The Hall–Kier alpha value is -2.55. The molecule has 0 saturated carbocycles. The second kappa shape index (κ2) is 11.1. The fourth-order valence-corrected chi connectivity index (χ4v) is 2.44. The Labute approximate surface area is 150 Å². The number of rotatable bonds is 10. The second-order valence-corrected chi connectivity index (χ2v) is 6.03. The van der Waals surface area contributed by atoms with Gasteiger partial charge < -0.3 is 10.1 Å². The summed E-state index contributed by atoms with van der Waals surface area (Å²) in [6.07, 6.45) is 8.03. The van der Waals surface area contributed by atoms with Gasteiger partial charge in [0.1, 0.15) is 12.4 Å². The van der Waals surface area contributed by atoms with Crippen LogP contribution in [0.2, 0.25) is 0 Å². The quantitative estimate of drug-likeness (QED) is 0.491. The predicted molar refractivity (Wildman–Crippen MR) is 103 cm³/mol. The largest absolute Gasteiger partial charge is 0.489 e. The van der Waals surface area contributed by atoms with Crippen molar-refractivity contribution in [3.8, 4) is 5.75 Å². The number of nitrogens with one attached hydrogen (secondary N) is 1. The van der Waals surface area contributed by atoms with Crippen molar-refractivity contribution in [1.82, 2.24) is 5.32 Å². The van der Waals surface area contributed by atoms with Crippen molar-refractivity contribution in [1.29, 1.82) is 0 Å². The van der Waals surface area contributed by atoms with Crippen LogP contribution in [0, 0.1) is 0 Å². The zero-order chi connectivity index (χ0) is 17.7. The first kappa shape index (κ1) is 18.8. The van der Waals surface area contributed by atoms with E-state index in [0.29, 0.717) is 6.61 Å². The summed E-state index contributed by atoms with van der Waals surface area (Å²) in [4.78, 5) is 11.8. The third kappa shape index (κ3) is 7.71. The van der Waals surface area contributed by atoms with Crippen LogP contribution in [0.3, 0.4) is 0 Å². The van der Waals surface area contributed by atoms with E-state index in [1.54, 1.807) is 6.08 Å². The molecule has 0 heterocycles. The summed E-state index contributed by atoms with van der Waals surface area (Å²) in [6, 6.07) is 17.8. The predicted octanol–water partition coefficient (Wildman–Crippen LogP) is 4.98. The highest BCUT2D eigenvalue weighted by molar-refractivity contribution is 5.91. The van der Waals surface area contributed by atoms with Gasteiger partial charge in [0.15, 0.2) is 0 Å². The topological polar surface area (TPSA) is 38.3 Å². The molecule has 132 valence electrons. The standard InChI is InChI=1S/C22H27NO2/c1-2-3-4-8-16-23-22(24)15-14-19-12-9-13-21(17-19)25-18-20-10-6-5-7-11-20/h5-7,9-15,17H,2-4,8,16,18H2,1H3,(H,23,24)/b15-14+. The molecule has 0 radical (unpaired) electrons. The highest BCUT2D eigenvalue weighted by Gasteiger charge is 1.98.